The second kappa shape index (κ2) is 6.29. The number of para-hydroxylation sites is 1. The second-order valence-electron chi connectivity index (χ2n) is 4.99. The zero-order valence-electron chi connectivity index (χ0n) is 12.4. The maximum atomic E-state index is 13.8. The average molecular weight is 337 g/mol. The highest BCUT2D eigenvalue weighted by atomic mass is 32.2. The van der Waals surface area contributed by atoms with Crippen LogP contribution in [-0.4, -0.2) is 19.8 Å². The zero-order valence-corrected chi connectivity index (χ0v) is 13.2. The van der Waals surface area contributed by atoms with Gasteiger partial charge in [-0.1, -0.05) is 42.1 Å². The maximum Gasteiger partial charge on any atom is 0.250 e. The first kappa shape index (κ1) is 14.6. The van der Waals surface area contributed by atoms with E-state index >= 15 is 0 Å². The predicted molar refractivity (Wildman–Crippen MR) is 91.0 cm³/mol. The van der Waals surface area contributed by atoms with Crippen LogP contribution in [-0.2, 0) is 0 Å². The Bertz CT molecular complexity index is 987. The minimum Gasteiger partial charge on any atom is -0.320 e. The summed E-state index contributed by atoms with van der Waals surface area (Å²) in [5, 5.41) is 16.3. The summed E-state index contributed by atoms with van der Waals surface area (Å²) < 4.78 is 15.4. The molecular formula is C17H12FN5S. The molecule has 0 fully saturated rings. The highest BCUT2D eigenvalue weighted by Gasteiger charge is 2.10. The van der Waals surface area contributed by atoms with Crippen LogP contribution in [0.4, 0.5) is 16.0 Å². The number of nitrogens with one attached hydrogen (secondary N) is 1. The number of rotatable bonds is 4. The van der Waals surface area contributed by atoms with Gasteiger partial charge in [0.2, 0.25) is 0 Å². The van der Waals surface area contributed by atoms with Crippen molar-refractivity contribution in [3.8, 4) is 0 Å². The van der Waals surface area contributed by atoms with Crippen molar-refractivity contribution in [1.29, 1.82) is 0 Å². The van der Waals surface area contributed by atoms with E-state index in [0.29, 0.717) is 17.3 Å². The van der Waals surface area contributed by atoms with E-state index in [1.165, 1.54) is 17.8 Å². The summed E-state index contributed by atoms with van der Waals surface area (Å²) in [5.41, 5.74) is 0.918. The standard InChI is InChI=1S/C17H12FN5S/c18-13-8-4-5-9-14(13)19-17-21-20-15-10-11-16(22-23(15)17)24-12-6-2-1-3-7-12/h1-11H,(H,19,21). The Balaban J connectivity index is 1.67. The van der Waals surface area contributed by atoms with Gasteiger partial charge in [-0.3, -0.25) is 0 Å². The largest absolute Gasteiger partial charge is 0.320 e. The molecule has 0 bridgehead atoms. The Morgan fingerprint density at radius 1 is 0.875 bits per heavy atom. The summed E-state index contributed by atoms with van der Waals surface area (Å²) in [4.78, 5) is 1.08. The van der Waals surface area contributed by atoms with Crippen molar-refractivity contribution in [2.24, 2.45) is 0 Å². The van der Waals surface area contributed by atoms with Crippen LogP contribution >= 0.6 is 11.8 Å². The monoisotopic (exact) mass is 337 g/mol. The first-order valence-electron chi connectivity index (χ1n) is 7.26. The summed E-state index contributed by atoms with van der Waals surface area (Å²) in [5.74, 6) is 0.00896. The molecule has 0 aliphatic heterocycles. The van der Waals surface area contributed by atoms with Gasteiger partial charge in [0.05, 0.1) is 5.69 Å². The molecule has 7 heteroatoms. The fourth-order valence-electron chi connectivity index (χ4n) is 2.20. The molecule has 0 aliphatic rings. The number of aromatic nitrogens is 4. The first-order valence-corrected chi connectivity index (χ1v) is 8.08. The molecule has 24 heavy (non-hydrogen) atoms. The number of hydrogen-bond donors (Lipinski definition) is 1. The van der Waals surface area contributed by atoms with Gasteiger partial charge in [0.1, 0.15) is 10.8 Å². The van der Waals surface area contributed by atoms with E-state index in [0.717, 1.165) is 9.92 Å². The predicted octanol–water partition coefficient (Wildman–Crippen LogP) is 4.16. The van der Waals surface area contributed by atoms with E-state index in [9.17, 15) is 4.39 Å². The van der Waals surface area contributed by atoms with Crippen LogP contribution in [0.25, 0.3) is 5.65 Å². The van der Waals surface area contributed by atoms with Gasteiger partial charge in [0.25, 0.3) is 5.95 Å². The molecule has 0 saturated heterocycles. The van der Waals surface area contributed by atoms with Crippen molar-refractivity contribution < 1.29 is 4.39 Å². The van der Waals surface area contributed by atoms with Crippen LogP contribution in [0.2, 0.25) is 0 Å². The van der Waals surface area contributed by atoms with E-state index in [1.807, 2.05) is 42.5 Å². The van der Waals surface area contributed by atoms with E-state index in [-0.39, 0.29) is 5.82 Å². The van der Waals surface area contributed by atoms with Crippen LogP contribution in [0.1, 0.15) is 0 Å². The van der Waals surface area contributed by atoms with Crippen LogP contribution in [0, 0.1) is 5.82 Å². The third-order valence-electron chi connectivity index (χ3n) is 3.32. The van der Waals surface area contributed by atoms with Crippen molar-refractivity contribution in [3.05, 3.63) is 72.5 Å². The van der Waals surface area contributed by atoms with Gasteiger partial charge >= 0.3 is 0 Å². The molecule has 0 aliphatic carbocycles. The van der Waals surface area contributed by atoms with Gasteiger partial charge in [-0.25, -0.2) is 4.39 Å². The summed E-state index contributed by atoms with van der Waals surface area (Å²) in [6.45, 7) is 0. The van der Waals surface area contributed by atoms with Crippen molar-refractivity contribution in [1.82, 2.24) is 19.8 Å². The molecule has 0 radical (unpaired) electrons. The quantitative estimate of drug-likeness (QED) is 0.606. The second-order valence-corrected chi connectivity index (χ2v) is 6.08. The van der Waals surface area contributed by atoms with Gasteiger partial charge in [0, 0.05) is 4.90 Å². The number of hydrogen-bond acceptors (Lipinski definition) is 5. The summed E-state index contributed by atoms with van der Waals surface area (Å²) in [7, 11) is 0. The van der Waals surface area contributed by atoms with Gasteiger partial charge in [0.15, 0.2) is 5.65 Å². The van der Waals surface area contributed by atoms with Crippen LogP contribution in [0.3, 0.4) is 0 Å². The first-order chi connectivity index (χ1) is 11.8. The minimum atomic E-state index is -0.357. The SMILES string of the molecule is Fc1ccccc1Nc1nnc2ccc(Sc3ccccc3)nn12. The average Bonchev–Trinajstić information content (AvgIpc) is 3.00. The molecule has 0 atom stereocenters. The molecule has 0 unspecified atom stereocenters. The molecular weight excluding hydrogens is 325 g/mol. The number of benzene rings is 2. The lowest BCUT2D eigenvalue weighted by Gasteiger charge is -2.06. The van der Waals surface area contributed by atoms with Crippen molar-refractivity contribution in [2.45, 2.75) is 9.92 Å². The Hall–Kier alpha value is -2.93. The van der Waals surface area contributed by atoms with Crippen LogP contribution in [0.5, 0.6) is 0 Å². The van der Waals surface area contributed by atoms with Gasteiger partial charge in [-0.05, 0) is 36.4 Å². The zero-order chi connectivity index (χ0) is 16.4. The highest BCUT2D eigenvalue weighted by Crippen LogP contribution is 2.26. The molecule has 4 aromatic rings. The number of nitrogens with zero attached hydrogens (tertiary/aromatic N) is 4. The van der Waals surface area contributed by atoms with E-state index in [4.69, 9.17) is 0 Å². The molecule has 2 aromatic heterocycles. The molecule has 0 spiro atoms. The molecule has 2 aromatic carbocycles. The van der Waals surface area contributed by atoms with E-state index < -0.39 is 0 Å². The fourth-order valence-corrected chi connectivity index (χ4v) is 2.99. The van der Waals surface area contributed by atoms with E-state index in [2.05, 4.69) is 20.6 Å². The van der Waals surface area contributed by atoms with Crippen molar-refractivity contribution in [3.63, 3.8) is 0 Å². The molecule has 5 nitrogen and oxygen atoms in total. The molecule has 1 N–H and O–H groups in total. The van der Waals surface area contributed by atoms with Crippen molar-refractivity contribution in [2.75, 3.05) is 5.32 Å². The number of halogens is 1. The smallest absolute Gasteiger partial charge is 0.250 e. The Labute approximate surface area is 141 Å². The van der Waals surface area contributed by atoms with Crippen LogP contribution < -0.4 is 5.32 Å². The van der Waals surface area contributed by atoms with Gasteiger partial charge in [-0.2, -0.15) is 9.61 Å². The van der Waals surface area contributed by atoms with Gasteiger partial charge < -0.3 is 5.32 Å². The number of anilines is 2. The third kappa shape index (κ3) is 2.93. The Morgan fingerprint density at radius 2 is 1.67 bits per heavy atom. The molecule has 2 heterocycles. The maximum absolute atomic E-state index is 13.8. The third-order valence-corrected chi connectivity index (χ3v) is 4.26. The normalized spacial score (nSPS) is 10.9. The lowest BCUT2D eigenvalue weighted by Crippen LogP contribution is -2.01. The molecule has 0 saturated carbocycles. The fraction of sp³-hybridized carbons (Fsp3) is 0. The lowest BCUT2D eigenvalue weighted by molar-refractivity contribution is 0.631. The number of fused-ring (bicyclic) bond motifs is 1. The topological polar surface area (TPSA) is 55.1 Å². The van der Waals surface area contributed by atoms with E-state index in [1.54, 1.807) is 22.7 Å². The van der Waals surface area contributed by atoms with Gasteiger partial charge in [-0.15, -0.1) is 10.2 Å². The molecule has 4 rings (SSSR count). The Kier molecular flexibility index (Phi) is 3.84. The lowest BCUT2D eigenvalue weighted by atomic mass is 10.3. The van der Waals surface area contributed by atoms with Crippen LogP contribution in [0.15, 0.2) is 76.7 Å². The van der Waals surface area contributed by atoms with Crippen molar-refractivity contribution >= 4 is 29.0 Å². The summed E-state index contributed by atoms with van der Waals surface area (Å²) in [6.07, 6.45) is 0. The minimum absolute atomic E-state index is 0.328. The summed E-state index contributed by atoms with van der Waals surface area (Å²) >= 11 is 1.53. The Morgan fingerprint density at radius 3 is 2.50 bits per heavy atom. The summed E-state index contributed by atoms with van der Waals surface area (Å²) in [6, 6.07) is 20.1. The molecule has 0 amide bonds. The highest BCUT2D eigenvalue weighted by molar-refractivity contribution is 7.99. The molecule has 118 valence electrons.